The first kappa shape index (κ1) is 20.8. The van der Waals surface area contributed by atoms with E-state index in [4.69, 9.17) is 0 Å². The molecule has 0 bridgehead atoms. The van der Waals surface area contributed by atoms with E-state index in [1.165, 1.54) is 19.9 Å². The molecule has 25 heavy (non-hydrogen) atoms. The van der Waals surface area contributed by atoms with E-state index in [9.17, 15) is 25.5 Å². The van der Waals surface area contributed by atoms with Crippen LogP contribution in [0.5, 0.6) is 0 Å². The average molecular weight is 357 g/mol. The van der Waals surface area contributed by atoms with Gasteiger partial charge in [0.05, 0.1) is 17.8 Å². The summed E-state index contributed by atoms with van der Waals surface area (Å²) in [6.07, 6.45) is 0.685. The van der Waals surface area contributed by atoms with Crippen LogP contribution in [-0.4, -0.2) is 55.0 Å². The fraction of sp³-hybridized carbons (Fsp3) is 0.900. The zero-order chi connectivity index (χ0) is 19.4. The van der Waals surface area contributed by atoms with E-state index in [1.54, 1.807) is 0 Å². The minimum absolute atomic E-state index is 0.124. The lowest BCUT2D eigenvalue weighted by Gasteiger charge is -2.64. The molecule has 5 nitrogen and oxygen atoms in total. The van der Waals surface area contributed by atoms with Crippen molar-refractivity contribution in [1.29, 1.82) is 0 Å². The zero-order valence-corrected chi connectivity index (χ0v) is 16.2. The summed E-state index contributed by atoms with van der Waals surface area (Å²) < 4.78 is 0. The van der Waals surface area contributed by atoms with Crippen LogP contribution in [0.4, 0.5) is 0 Å². The van der Waals surface area contributed by atoms with E-state index >= 15 is 0 Å². The fourth-order valence-corrected chi connectivity index (χ4v) is 5.88. The number of aliphatic hydroxyl groups excluding tert-OH is 3. The molecular formula is C20H36O5. The van der Waals surface area contributed by atoms with E-state index in [-0.39, 0.29) is 17.8 Å². The lowest BCUT2D eigenvalue weighted by Crippen LogP contribution is -2.70. The Hall–Kier alpha value is -0.460. The van der Waals surface area contributed by atoms with Crippen LogP contribution in [-0.2, 0) is 0 Å². The molecule has 0 aromatic heterocycles. The van der Waals surface area contributed by atoms with Crippen molar-refractivity contribution in [3.05, 3.63) is 12.7 Å². The van der Waals surface area contributed by atoms with E-state index in [2.05, 4.69) is 20.4 Å². The van der Waals surface area contributed by atoms with Gasteiger partial charge in [0.2, 0.25) is 0 Å². The predicted octanol–water partition coefficient (Wildman–Crippen LogP) is 1.61. The molecule has 2 aliphatic rings. The number of hydrogen-bond donors (Lipinski definition) is 5. The smallest absolute Gasteiger partial charge is 0.109 e. The first-order valence-electron chi connectivity index (χ1n) is 9.34. The molecule has 0 spiro atoms. The van der Waals surface area contributed by atoms with Crippen LogP contribution >= 0.6 is 0 Å². The molecule has 2 aliphatic carbocycles. The van der Waals surface area contributed by atoms with Crippen LogP contribution in [0.3, 0.4) is 0 Å². The van der Waals surface area contributed by atoms with Crippen LogP contribution < -0.4 is 0 Å². The topological polar surface area (TPSA) is 101 Å². The highest BCUT2D eigenvalue weighted by Gasteiger charge is 2.65. The lowest BCUT2D eigenvalue weighted by molar-refractivity contribution is -0.272. The van der Waals surface area contributed by atoms with Crippen molar-refractivity contribution in [2.75, 3.05) is 0 Å². The quantitative estimate of drug-likeness (QED) is 0.493. The molecule has 5 heteroatoms. The third-order valence-electron chi connectivity index (χ3n) is 7.40. The third-order valence-corrected chi connectivity index (χ3v) is 7.40. The highest BCUT2D eigenvalue weighted by atomic mass is 16.4. The van der Waals surface area contributed by atoms with Crippen LogP contribution in [0.1, 0.15) is 60.3 Å². The van der Waals surface area contributed by atoms with Gasteiger partial charge in [0.1, 0.15) is 11.7 Å². The van der Waals surface area contributed by atoms with Gasteiger partial charge in [0.25, 0.3) is 0 Å². The van der Waals surface area contributed by atoms with Crippen LogP contribution in [0, 0.1) is 22.7 Å². The normalized spacial score (nSPS) is 47.4. The van der Waals surface area contributed by atoms with Crippen molar-refractivity contribution >= 4 is 0 Å². The molecule has 0 aromatic carbocycles. The molecule has 0 amide bonds. The lowest BCUT2D eigenvalue weighted by atomic mass is 9.43. The summed E-state index contributed by atoms with van der Waals surface area (Å²) in [7, 11) is 0. The summed E-state index contributed by atoms with van der Waals surface area (Å²) in [6.45, 7) is 12.8. The summed E-state index contributed by atoms with van der Waals surface area (Å²) >= 11 is 0. The van der Waals surface area contributed by atoms with Gasteiger partial charge in [-0.3, -0.25) is 0 Å². The Morgan fingerprint density at radius 2 is 1.76 bits per heavy atom. The van der Waals surface area contributed by atoms with Gasteiger partial charge >= 0.3 is 0 Å². The van der Waals surface area contributed by atoms with Gasteiger partial charge in [-0.05, 0) is 55.8 Å². The Morgan fingerprint density at radius 3 is 2.28 bits per heavy atom. The molecule has 5 N–H and O–H groups in total. The monoisotopic (exact) mass is 356 g/mol. The summed E-state index contributed by atoms with van der Waals surface area (Å²) in [5.74, 6) is -0.667. The minimum atomic E-state index is -1.56. The average Bonchev–Trinajstić information content (AvgIpc) is 2.48. The van der Waals surface area contributed by atoms with Gasteiger partial charge in [0, 0.05) is 0 Å². The van der Waals surface area contributed by atoms with Gasteiger partial charge in [0.15, 0.2) is 0 Å². The van der Waals surface area contributed by atoms with E-state index < -0.39 is 40.8 Å². The third kappa shape index (κ3) is 3.19. The molecule has 0 saturated heterocycles. The molecular weight excluding hydrogens is 320 g/mol. The Balaban J connectivity index is 2.49. The van der Waals surface area contributed by atoms with E-state index in [1.807, 2.05) is 6.92 Å². The molecule has 2 fully saturated rings. The van der Waals surface area contributed by atoms with Crippen molar-refractivity contribution < 1.29 is 25.5 Å². The fourth-order valence-electron chi connectivity index (χ4n) is 5.88. The minimum Gasteiger partial charge on any atom is -0.390 e. The highest BCUT2D eigenvalue weighted by molar-refractivity contribution is 5.15. The maximum atomic E-state index is 11.1. The Labute approximate surface area is 151 Å². The van der Waals surface area contributed by atoms with Crippen molar-refractivity contribution in [1.82, 2.24) is 0 Å². The van der Waals surface area contributed by atoms with Gasteiger partial charge in [-0.1, -0.05) is 33.3 Å². The molecule has 0 aliphatic heterocycles. The van der Waals surface area contributed by atoms with E-state index in [0.717, 1.165) is 19.3 Å². The second-order valence-electron chi connectivity index (χ2n) is 9.72. The van der Waals surface area contributed by atoms with Crippen molar-refractivity contribution in [3.63, 3.8) is 0 Å². The largest absolute Gasteiger partial charge is 0.390 e. The maximum Gasteiger partial charge on any atom is 0.109 e. The first-order chi connectivity index (χ1) is 11.2. The van der Waals surface area contributed by atoms with Gasteiger partial charge in [-0.15, -0.1) is 6.58 Å². The number of rotatable bonds is 4. The summed E-state index contributed by atoms with van der Waals surface area (Å²) in [5.41, 5.74) is -3.68. The molecule has 0 radical (unpaired) electrons. The van der Waals surface area contributed by atoms with Crippen LogP contribution in [0.2, 0.25) is 0 Å². The summed E-state index contributed by atoms with van der Waals surface area (Å²) in [5, 5.41) is 53.5. The molecule has 146 valence electrons. The van der Waals surface area contributed by atoms with Crippen molar-refractivity contribution in [3.8, 4) is 0 Å². The van der Waals surface area contributed by atoms with Gasteiger partial charge in [-0.2, -0.15) is 0 Å². The maximum absolute atomic E-state index is 11.1. The Kier molecular flexibility index (Phi) is 5.26. The van der Waals surface area contributed by atoms with E-state index in [0.29, 0.717) is 0 Å². The first-order valence-corrected chi connectivity index (χ1v) is 9.34. The SMILES string of the molecule is C=CC(C)(O)C(O)CC1C(C)(O)C(O)C(O)C2C(C)(C)CCCC21C. The standard InChI is InChI=1S/C20H36O5/c1-7-19(5,24)13(21)11-12-18(4)10-8-9-17(2,3)15(18)14(22)16(23)20(12,6)25/h7,12-16,21-25H,1,8-11H2,2-6H3. The molecule has 2 rings (SSSR count). The molecule has 8 atom stereocenters. The Morgan fingerprint density at radius 1 is 1.20 bits per heavy atom. The second kappa shape index (κ2) is 6.31. The van der Waals surface area contributed by atoms with Crippen LogP contribution in [0.15, 0.2) is 12.7 Å². The molecule has 0 aromatic rings. The van der Waals surface area contributed by atoms with Gasteiger partial charge in [-0.25, -0.2) is 0 Å². The summed E-state index contributed by atoms with van der Waals surface area (Å²) in [4.78, 5) is 0. The molecule has 8 unspecified atom stereocenters. The predicted molar refractivity (Wildman–Crippen MR) is 96.8 cm³/mol. The zero-order valence-electron chi connectivity index (χ0n) is 16.2. The Bertz CT molecular complexity index is 512. The summed E-state index contributed by atoms with van der Waals surface area (Å²) in [6, 6.07) is 0. The number of aliphatic hydroxyl groups is 5. The number of hydrogen-bond acceptors (Lipinski definition) is 5. The molecule has 2 saturated carbocycles. The number of fused-ring (bicyclic) bond motifs is 1. The van der Waals surface area contributed by atoms with Crippen molar-refractivity contribution in [2.45, 2.75) is 89.8 Å². The second-order valence-corrected chi connectivity index (χ2v) is 9.72. The van der Waals surface area contributed by atoms with Crippen LogP contribution in [0.25, 0.3) is 0 Å². The highest BCUT2D eigenvalue weighted by Crippen LogP contribution is 2.63. The van der Waals surface area contributed by atoms with Crippen molar-refractivity contribution in [2.24, 2.45) is 22.7 Å². The van der Waals surface area contributed by atoms with Gasteiger partial charge < -0.3 is 25.5 Å². The molecule has 0 heterocycles.